The SMILES string of the molecule is Cc1ccc2[nH]c(=O)n(-c3ccc(Br)cc3)c2c1. The predicted octanol–water partition coefficient (Wildman–Crippen LogP) is 3.39. The van der Waals surface area contributed by atoms with Gasteiger partial charge in [-0.05, 0) is 48.9 Å². The Morgan fingerprint density at radius 1 is 1.11 bits per heavy atom. The molecule has 0 fully saturated rings. The summed E-state index contributed by atoms with van der Waals surface area (Å²) in [7, 11) is 0. The first-order valence-corrected chi connectivity index (χ1v) is 6.42. The summed E-state index contributed by atoms with van der Waals surface area (Å²) in [5, 5.41) is 0. The third-order valence-electron chi connectivity index (χ3n) is 2.92. The van der Waals surface area contributed by atoms with Gasteiger partial charge in [-0.15, -0.1) is 0 Å². The van der Waals surface area contributed by atoms with Crippen LogP contribution >= 0.6 is 15.9 Å². The number of imidazole rings is 1. The van der Waals surface area contributed by atoms with E-state index in [2.05, 4.69) is 20.9 Å². The maximum absolute atomic E-state index is 12.0. The van der Waals surface area contributed by atoms with Gasteiger partial charge in [-0.25, -0.2) is 4.79 Å². The summed E-state index contributed by atoms with van der Waals surface area (Å²) < 4.78 is 2.68. The number of rotatable bonds is 1. The molecule has 0 atom stereocenters. The number of fused-ring (bicyclic) bond motifs is 1. The normalized spacial score (nSPS) is 11.0. The molecule has 0 radical (unpaired) electrons. The van der Waals surface area contributed by atoms with E-state index in [0.717, 1.165) is 26.8 Å². The molecule has 0 amide bonds. The second-order valence-electron chi connectivity index (χ2n) is 4.26. The van der Waals surface area contributed by atoms with Crippen molar-refractivity contribution in [3.05, 3.63) is 63.0 Å². The van der Waals surface area contributed by atoms with E-state index in [0.29, 0.717) is 0 Å². The van der Waals surface area contributed by atoms with Crippen LogP contribution in [0, 0.1) is 6.92 Å². The fourth-order valence-electron chi connectivity index (χ4n) is 2.06. The summed E-state index contributed by atoms with van der Waals surface area (Å²) in [5.41, 5.74) is 3.64. The van der Waals surface area contributed by atoms with E-state index >= 15 is 0 Å². The van der Waals surface area contributed by atoms with Gasteiger partial charge in [0, 0.05) is 4.47 Å². The Labute approximate surface area is 112 Å². The summed E-state index contributed by atoms with van der Waals surface area (Å²) in [6, 6.07) is 13.6. The molecule has 1 heterocycles. The highest BCUT2D eigenvalue weighted by atomic mass is 79.9. The second kappa shape index (κ2) is 4.14. The number of aromatic nitrogens is 2. The largest absolute Gasteiger partial charge is 0.331 e. The molecule has 0 aliphatic rings. The highest BCUT2D eigenvalue weighted by Gasteiger charge is 2.08. The van der Waals surface area contributed by atoms with E-state index < -0.39 is 0 Å². The summed E-state index contributed by atoms with van der Waals surface area (Å²) in [5.74, 6) is 0. The molecule has 1 aromatic heterocycles. The van der Waals surface area contributed by atoms with Gasteiger partial charge in [-0.3, -0.25) is 4.57 Å². The molecule has 0 bridgehead atoms. The number of hydrogen-bond acceptors (Lipinski definition) is 1. The van der Waals surface area contributed by atoms with Gasteiger partial charge in [-0.1, -0.05) is 22.0 Å². The number of H-pyrrole nitrogens is 1. The smallest absolute Gasteiger partial charge is 0.305 e. The summed E-state index contributed by atoms with van der Waals surface area (Å²) in [6.07, 6.45) is 0. The van der Waals surface area contributed by atoms with Crippen LogP contribution in [-0.2, 0) is 0 Å². The van der Waals surface area contributed by atoms with Gasteiger partial charge in [0.2, 0.25) is 0 Å². The van der Waals surface area contributed by atoms with Crippen LogP contribution < -0.4 is 5.69 Å². The summed E-state index contributed by atoms with van der Waals surface area (Å²) in [6.45, 7) is 2.02. The van der Waals surface area contributed by atoms with Gasteiger partial charge < -0.3 is 4.98 Å². The van der Waals surface area contributed by atoms with Crippen LogP contribution in [0.25, 0.3) is 16.7 Å². The lowest BCUT2D eigenvalue weighted by atomic mass is 10.2. The molecule has 0 unspecified atom stereocenters. The number of aromatic amines is 1. The van der Waals surface area contributed by atoms with Gasteiger partial charge in [0.25, 0.3) is 0 Å². The molecule has 3 aromatic rings. The number of aryl methyl sites for hydroxylation is 1. The first kappa shape index (κ1) is 11.3. The zero-order chi connectivity index (χ0) is 12.7. The van der Waals surface area contributed by atoms with Crippen molar-refractivity contribution < 1.29 is 0 Å². The summed E-state index contributed by atoms with van der Waals surface area (Å²) in [4.78, 5) is 14.9. The Kier molecular flexibility index (Phi) is 2.59. The van der Waals surface area contributed by atoms with Gasteiger partial charge >= 0.3 is 5.69 Å². The molecule has 4 heteroatoms. The van der Waals surface area contributed by atoms with Crippen molar-refractivity contribution >= 4 is 27.0 Å². The van der Waals surface area contributed by atoms with Gasteiger partial charge in [0.15, 0.2) is 0 Å². The standard InChI is InChI=1S/C14H11BrN2O/c1-9-2-7-12-13(8-9)17(14(18)16-12)11-5-3-10(15)4-6-11/h2-8H,1H3,(H,16,18). The van der Waals surface area contributed by atoms with Crippen LogP contribution in [0.3, 0.4) is 0 Å². The van der Waals surface area contributed by atoms with E-state index in [-0.39, 0.29) is 5.69 Å². The maximum atomic E-state index is 12.0. The van der Waals surface area contributed by atoms with Crippen molar-refractivity contribution in [1.82, 2.24) is 9.55 Å². The molecule has 1 N–H and O–H groups in total. The molecule has 0 saturated carbocycles. The number of halogens is 1. The Bertz CT molecular complexity index is 769. The lowest BCUT2D eigenvalue weighted by molar-refractivity contribution is 1.02. The van der Waals surface area contributed by atoms with Crippen molar-refractivity contribution in [2.45, 2.75) is 6.92 Å². The molecule has 0 spiro atoms. The van der Waals surface area contributed by atoms with Crippen LogP contribution in [0.4, 0.5) is 0 Å². The lowest BCUT2D eigenvalue weighted by Gasteiger charge is -2.03. The van der Waals surface area contributed by atoms with Crippen molar-refractivity contribution in [2.24, 2.45) is 0 Å². The van der Waals surface area contributed by atoms with Gasteiger partial charge in [0.1, 0.15) is 0 Å². The molecule has 3 nitrogen and oxygen atoms in total. The fraction of sp³-hybridized carbons (Fsp3) is 0.0714. The molecule has 0 aliphatic carbocycles. The first-order valence-electron chi connectivity index (χ1n) is 5.62. The van der Waals surface area contributed by atoms with E-state index in [1.807, 2.05) is 49.4 Å². The molecule has 18 heavy (non-hydrogen) atoms. The first-order chi connectivity index (χ1) is 8.65. The minimum Gasteiger partial charge on any atom is -0.305 e. The predicted molar refractivity (Wildman–Crippen MR) is 76.3 cm³/mol. The molecule has 2 aromatic carbocycles. The molecule has 0 aliphatic heterocycles. The summed E-state index contributed by atoms with van der Waals surface area (Å²) >= 11 is 3.39. The Balaban J connectivity index is 2.34. The number of benzene rings is 2. The monoisotopic (exact) mass is 302 g/mol. The highest BCUT2D eigenvalue weighted by Crippen LogP contribution is 2.18. The third kappa shape index (κ3) is 1.78. The van der Waals surface area contributed by atoms with E-state index in [1.54, 1.807) is 4.57 Å². The van der Waals surface area contributed by atoms with Crippen LogP contribution in [0.2, 0.25) is 0 Å². The van der Waals surface area contributed by atoms with Crippen LogP contribution in [-0.4, -0.2) is 9.55 Å². The number of hydrogen-bond donors (Lipinski definition) is 1. The van der Waals surface area contributed by atoms with Gasteiger partial charge in [-0.2, -0.15) is 0 Å². The average Bonchev–Trinajstić information content (AvgIpc) is 2.66. The van der Waals surface area contributed by atoms with E-state index in [1.165, 1.54) is 0 Å². The molecule has 3 rings (SSSR count). The zero-order valence-electron chi connectivity index (χ0n) is 9.77. The van der Waals surface area contributed by atoms with Crippen LogP contribution in [0.15, 0.2) is 51.7 Å². The Hall–Kier alpha value is -1.81. The minimum atomic E-state index is -0.113. The van der Waals surface area contributed by atoms with Crippen molar-refractivity contribution in [1.29, 1.82) is 0 Å². The molecular weight excluding hydrogens is 292 g/mol. The van der Waals surface area contributed by atoms with Crippen LogP contribution in [0.5, 0.6) is 0 Å². The zero-order valence-corrected chi connectivity index (χ0v) is 11.4. The third-order valence-corrected chi connectivity index (χ3v) is 3.45. The molecular formula is C14H11BrN2O. The Morgan fingerprint density at radius 3 is 2.56 bits per heavy atom. The van der Waals surface area contributed by atoms with Crippen LogP contribution in [0.1, 0.15) is 5.56 Å². The van der Waals surface area contributed by atoms with Crippen molar-refractivity contribution in [3.63, 3.8) is 0 Å². The minimum absolute atomic E-state index is 0.113. The molecule has 90 valence electrons. The number of nitrogens with one attached hydrogen (secondary N) is 1. The second-order valence-corrected chi connectivity index (χ2v) is 5.18. The quantitative estimate of drug-likeness (QED) is 0.735. The maximum Gasteiger partial charge on any atom is 0.331 e. The lowest BCUT2D eigenvalue weighted by Crippen LogP contribution is -2.14. The van der Waals surface area contributed by atoms with Crippen molar-refractivity contribution in [2.75, 3.05) is 0 Å². The fourth-order valence-corrected chi connectivity index (χ4v) is 2.32. The van der Waals surface area contributed by atoms with E-state index in [4.69, 9.17) is 0 Å². The average molecular weight is 303 g/mol. The van der Waals surface area contributed by atoms with Crippen molar-refractivity contribution in [3.8, 4) is 5.69 Å². The topological polar surface area (TPSA) is 37.8 Å². The van der Waals surface area contributed by atoms with E-state index in [9.17, 15) is 4.79 Å². The number of nitrogens with zero attached hydrogens (tertiary/aromatic N) is 1. The highest BCUT2D eigenvalue weighted by molar-refractivity contribution is 9.10. The molecule has 0 saturated heterocycles. The Morgan fingerprint density at radius 2 is 1.83 bits per heavy atom. The van der Waals surface area contributed by atoms with Gasteiger partial charge in [0.05, 0.1) is 16.7 Å².